The van der Waals surface area contributed by atoms with Gasteiger partial charge in [0.1, 0.15) is 11.9 Å². The summed E-state index contributed by atoms with van der Waals surface area (Å²) < 4.78 is 13.5. The van der Waals surface area contributed by atoms with E-state index in [0.717, 1.165) is 13.0 Å². The van der Waals surface area contributed by atoms with Crippen LogP contribution >= 0.6 is 0 Å². The molecule has 1 fully saturated rings. The van der Waals surface area contributed by atoms with Crippen LogP contribution < -0.4 is 10.6 Å². The molecule has 1 aromatic rings. The quantitative estimate of drug-likeness (QED) is 0.741. The third-order valence-corrected chi connectivity index (χ3v) is 3.37. The molecule has 1 unspecified atom stereocenters. The lowest BCUT2D eigenvalue weighted by molar-refractivity contribution is -0.142. The number of carbonyl (C=O) groups excluding carboxylic acids is 1. The Balaban J connectivity index is 2.02. The van der Waals surface area contributed by atoms with Crippen molar-refractivity contribution < 1.29 is 19.1 Å². The Hall–Kier alpha value is -1.95. The average Bonchev–Trinajstić information content (AvgIpc) is 2.94. The largest absolute Gasteiger partial charge is 0.480 e. The number of carboxylic acid groups (broad SMARTS) is 1. The summed E-state index contributed by atoms with van der Waals surface area (Å²) in [5, 5.41) is 14.6. The van der Waals surface area contributed by atoms with Gasteiger partial charge >= 0.3 is 5.97 Å². The van der Waals surface area contributed by atoms with Crippen molar-refractivity contribution in [1.29, 1.82) is 0 Å². The summed E-state index contributed by atoms with van der Waals surface area (Å²) in [6.07, 6.45) is 1.52. The predicted octanol–water partition coefficient (Wildman–Crippen LogP) is 0.690. The van der Waals surface area contributed by atoms with Crippen molar-refractivity contribution in [2.45, 2.75) is 31.3 Å². The lowest BCUT2D eigenvalue weighted by Crippen LogP contribution is -2.49. The molecular formula is C14H17FN2O3. The van der Waals surface area contributed by atoms with Gasteiger partial charge in [0, 0.05) is 6.42 Å². The standard InChI is InChI=1S/C14H17FN2O3/c15-10-5-2-1-4-9(10)8-12(14(19)20)17-13(18)11-6-3-7-16-11/h1-2,4-5,11-12,16H,3,6-8H2,(H,17,18)(H,19,20)/t11?,12-/m0/s1. The number of hydrogen-bond donors (Lipinski definition) is 3. The second kappa shape index (κ2) is 6.47. The normalized spacial score (nSPS) is 19.6. The van der Waals surface area contributed by atoms with Crippen LogP contribution in [0.3, 0.4) is 0 Å². The van der Waals surface area contributed by atoms with E-state index in [1.807, 2.05) is 0 Å². The Morgan fingerprint density at radius 1 is 1.45 bits per heavy atom. The highest BCUT2D eigenvalue weighted by Crippen LogP contribution is 2.10. The van der Waals surface area contributed by atoms with Gasteiger partial charge in [0.15, 0.2) is 0 Å². The van der Waals surface area contributed by atoms with Crippen LogP contribution in [0, 0.1) is 5.82 Å². The number of carbonyl (C=O) groups is 2. The lowest BCUT2D eigenvalue weighted by atomic mass is 10.0. The first-order valence-electron chi connectivity index (χ1n) is 6.58. The average molecular weight is 280 g/mol. The Morgan fingerprint density at radius 2 is 2.20 bits per heavy atom. The van der Waals surface area contributed by atoms with Crippen molar-refractivity contribution in [3.05, 3.63) is 35.6 Å². The summed E-state index contributed by atoms with van der Waals surface area (Å²) >= 11 is 0. The molecular weight excluding hydrogens is 263 g/mol. The van der Waals surface area contributed by atoms with Crippen molar-refractivity contribution in [3.63, 3.8) is 0 Å². The molecule has 1 aliphatic rings. The van der Waals surface area contributed by atoms with E-state index in [-0.39, 0.29) is 23.9 Å². The molecule has 0 aliphatic carbocycles. The first kappa shape index (κ1) is 14.5. The molecule has 2 atom stereocenters. The zero-order chi connectivity index (χ0) is 14.5. The SMILES string of the molecule is O=C(N[C@@H](Cc1ccccc1F)C(=O)O)C1CCCN1. The fourth-order valence-electron chi connectivity index (χ4n) is 2.26. The van der Waals surface area contributed by atoms with Gasteiger partial charge in [-0.15, -0.1) is 0 Å². The number of nitrogens with one attached hydrogen (secondary N) is 2. The fourth-order valence-corrected chi connectivity index (χ4v) is 2.26. The van der Waals surface area contributed by atoms with Crippen LogP contribution in [0.25, 0.3) is 0 Å². The molecule has 2 rings (SSSR count). The van der Waals surface area contributed by atoms with Crippen LogP contribution in [-0.4, -0.2) is 35.6 Å². The molecule has 1 heterocycles. The number of benzene rings is 1. The third-order valence-electron chi connectivity index (χ3n) is 3.37. The van der Waals surface area contributed by atoms with Gasteiger partial charge in [-0.3, -0.25) is 4.79 Å². The van der Waals surface area contributed by atoms with Gasteiger partial charge in [0.05, 0.1) is 6.04 Å². The van der Waals surface area contributed by atoms with E-state index >= 15 is 0 Å². The van der Waals surface area contributed by atoms with Crippen molar-refractivity contribution in [2.75, 3.05) is 6.54 Å². The van der Waals surface area contributed by atoms with Crippen LogP contribution in [0.5, 0.6) is 0 Å². The Bertz CT molecular complexity index is 501. The second-order valence-corrected chi connectivity index (χ2v) is 4.84. The van der Waals surface area contributed by atoms with Gasteiger partial charge in [-0.05, 0) is 31.0 Å². The predicted molar refractivity (Wildman–Crippen MR) is 70.7 cm³/mol. The Kier molecular flexibility index (Phi) is 4.68. The van der Waals surface area contributed by atoms with Crippen LogP contribution in [-0.2, 0) is 16.0 Å². The number of hydrogen-bond acceptors (Lipinski definition) is 3. The van der Waals surface area contributed by atoms with Gasteiger partial charge in [0.25, 0.3) is 0 Å². The highest BCUT2D eigenvalue weighted by atomic mass is 19.1. The summed E-state index contributed by atoms with van der Waals surface area (Å²) in [6, 6.07) is 4.49. The zero-order valence-electron chi connectivity index (χ0n) is 10.9. The second-order valence-electron chi connectivity index (χ2n) is 4.84. The van der Waals surface area contributed by atoms with Gasteiger partial charge in [-0.1, -0.05) is 18.2 Å². The first-order valence-corrected chi connectivity index (χ1v) is 6.58. The Morgan fingerprint density at radius 3 is 2.80 bits per heavy atom. The highest BCUT2D eigenvalue weighted by molar-refractivity contribution is 5.87. The molecule has 0 spiro atoms. The van der Waals surface area contributed by atoms with Crippen LogP contribution in [0.4, 0.5) is 4.39 Å². The van der Waals surface area contributed by atoms with Crippen LogP contribution in [0.15, 0.2) is 24.3 Å². The molecule has 6 heteroatoms. The van der Waals surface area contributed by atoms with Gasteiger partial charge < -0.3 is 15.7 Å². The number of rotatable bonds is 5. The van der Waals surface area contributed by atoms with Gasteiger partial charge in [-0.25, -0.2) is 9.18 Å². The molecule has 0 radical (unpaired) electrons. The molecule has 0 aromatic heterocycles. The van der Waals surface area contributed by atoms with Crippen LogP contribution in [0.1, 0.15) is 18.4 Å². The van der Waals surface area contributed by atoms with E-state index in [2.05, 4.69) is 10.6 Å². The van der Waals surface area contributed by atoms with Crippen molar-refractivity contribution in [2.24, 2.45) is 0 Å². The first-order chi connectivity index (χ1) is 9.58. The number of carboxylic acids is 1. The minimum absolute atomic E-state index is 0.0690. The van der Waals surface area contributed by atoms with Gasteiger partial charge in [-0.2, -0.15) is 0 Å². The number of amides is 1. The van der Waals surface area contributed by atoms with E-state index in [0.29, 0.717) is 6.42 Å². The van der Waals surface area contributed by atoms with Crippen molar-refractivity contribution in [3.8, 4) is 0 Å². The number of halogens is 1. The van der Waals surface area contributed by atoms with Crippen molar-refractivity contribution >= 4 is 11.9 Å². The Labute approximate surface area is 116 Å². The van der Waals surface area contributed by atoms with E-state index in [9.17, 15) is 14.0 Å². The zero-order valence-corrected chi connectivity index (χ0v) is 10.9. The minimum Gasteiger partial charge on any atom is -0.480 e. The van der Waals surface area contributed by atoms with E-state index in [4.69, 9.17) is 5.11 Å². The van der Waals surface area contributed by atoms with Crippen molar-refractivity contribution in [1.82, 2.24) is 10.6 Å². The van der Waals surface area contributed by atoms with E-state index in [1.54, 1.807) is 6.07 Å². The molecule has 1 saturated heterocycles. The molecule has 5 nitrogen and oxygen atoms in total. The lowest BCUT2D eigenvalue weighted by Gasteiger charge is -2.17. The molecule has 0 saturated carbocycles. The topological polar surface area (TPSA) is 78.4 Å². The third kappa shape index (κ3) is 3.54. The fraction of sp³-hybridized carbons (Fsp3) is 0.429. The maximum Gasteiger partial charge on any atom is 0.326 e. The monoisotopic (exact) mass is 280 g/mol. The maximum atomic E-state index is 13.5. The molecule has 1 amide bonds. The number of aliphatic carboxylic acids is 1. The summed E-state index contributed by atoms with van der Waals surface area (Å²) in [5.74, 6) is -1.97. The summed E-state index contributed by atoms with van der Waals surface area (Å²) in [4.78, 5) is 23.1. The molecule has 0 bridgehead atoms. The van der Waals surface area contributed by atoms with Crippen LogP contribution in [0.2, 0.25) is 0 Å². The summed E-state index contributed by atoms with van der Waals surface area (Å²) in [7, 11) is 0. The van der Waals surface area contributed by atoms with E-state index < -0.39 is 17.8 Å². The molecule has 20 heavy (non-hydrogen) atoms. The highest BCUT2D eigenvalue weighted by Gasteiger charge is 2.27. The molecule has 1 aliphatic heterocycles. The maximum absolute atomic E-state index is 13.5. The molecule has 3 N–H and O–H groups in total. The minimum atomic E-state index is -1.17. The summed E-state index contributed by atoms with van der Waals surface area (Å²) in [5.41, 5.74) is 0.277. The van der Waals surface area contributed by atoms with Gasteiger partial charge in [0.2, 0.25) is 5.91 Å². The smallest absolute Gasteiger partial charge is 0.326 e. The molecule has 108 valence electrons. The van der Waals surface area contributed by atoms with E-state index in [1.165, 1.54) is 18.2 Å². The molecule has 1 aromatic carbocycles. The summed E-state index contributed by atoms with van der Waals surface area (Å²) in [6.45, 7) is 0.753.